The van der Waals surface area contributed by atoms with Crippen LogP contribution in [-0.2, 0) is 35.0 Å². The highest BCUT2D eigenvalue weighted by Gasteiger charge is 2.33. The molecule has 2 rings (SSSR count). The summed E-state index contributed by atoms with van der Waals surface area (Å²) in [5.74, 6) is -1.21. The molecule has 1 saturated heterocycles. The molecule has 0 saturated carbocycles. The van der Waals surface area contributed by atoms with Crippen LogP contribution in [0.1, 0.15) is 46.6 Å². The lowest BCUT2D eigenvalue weighted by molar-refractivity contribution is -0.175. The third-order valence-electron chi connectivity index (χ3n) is 5.24. The van der Waals surface area contributed by atoms with E-state index in [9.17, 15) is 14.4 Å². The molecular weight excluding hydrogens is 438 g/mol. The van der Waals surface area contributed by atoms with Crippen molar-refractivity contribution < 1.29 is 28.6 Å². The number of carbonyl (C=O) groups is 3. The van der Waals surface area contributed by atoms with Crippen LogP contribution in [0, 0.1) is 0 Å². The minimum Gasteiger partial charge on any atom is -0.465 e. The van der Waals surface area contributed by atoms with E-state index in [1.807, 2.05) is 30.3 Å². The van der Waals surface area contributed by atoms with Crippen LogP contribution >= 0.6 is 0 Å². The van der Waals surface area contributed by atoms with Crippen LogP contribution in [0.3, 0.4) is 0 Å². The van der Waals surface area contributed by atoms with Crippen molar-refractivity contribution in [3.05, 3.63) is 35.9 Å². The number of nitrogens with one attached hydrogen (secondary N) is 1. The van der Waals surface area contributed by atoms with Gasteiger partial charge in [-0.25, -0.2) is 5.01 Å². The van der Waals surface area contributed by atoms with Crippen molar-refractivity contribution in [3.63, 3.8) is 0 Å². The maximum atomic E-state index is 13.5. The number of hydrazine groups is 1. The molecular formula is C25H39N3O6. The predicted molar refractivity (Wildman–Crippen MR) is 128 cm³/mol. The molecule has 1 N–H and O–H groups in total. The second-order valence-electron chi connectivity index (χ2n) is 9.27. The third-order valence-corrected chi connectivity index (χ3v) is 5.24. The molecule has 0 bridgehead atoms. The second-order valence-corrected chi connectivity index (χ2v) is 9.27. The monoisotopic (exact) mass is 477 g/mol. The van der Waals surface area contributed by atoms with E-state index in [0.717, 1.165) is 5.56 Å². The topological polar surface area (TPSA) is 97.4 Å². The van der Waals surface area contributed by atoms with Gasteiger partial charge in [-0.05, 0) is 53.0 Å². The maximum Gasteiger partial charge on any atom is 0.327 e. The van der Waals surface area contributed by atoms with Gasteiger partial charge in [-0.2, -0.15) is 0 Å². The lowest BCUT2D eigenvalue weighted by Crippen LogP contribution is -2.59. The number of nitrogens with zero attached hydrogens (tertiary/aromatic N) is 2. The van der Waals surface area contributed by atoms with Crippen molar-refractivity contribution >= 4 is 17.8 Å². The number of ether oxygens (including phenoxy) is 3. The molecule has 9 nitrogen and oxygen atoms in total. The van der Waals surface area contributed by atoms with E-state index >= 15 is 0 Å². The van der Waals surface area contributed by atoms with E-state index in [4.69, 9.17) is 14.2 Å². The van der Waals surface area contributed by atoms with Gasteiger partial charge < -0.3 is 14.2 Å². The summed E-state index contributed by atoms with van der Waals surface area (Å²) in [6.07, 6.45) is 1.13. The Morgan fingerprint density at radius 1 is 1.15 bits per heavy atom. The Labute approximate surface area is 202 Å². The normalized spacial score (nSPS) is 16.4. The number of hydrogen-bond donors (Lipinski definition) is 1. The first kappa shape index (κ1) is 27.8. The zero-order valence-electron chi connectivity index (χ0n) is 21.0. The Morgan fingerprint density at radius 2 is 1.79 bits per heavy atom. The SMILES string of the molecule is CCOC(=O)[C@H](CCc1ccccc1)N[C@@H](C)C(=O)N(CC(=O)OC(C)(C)C)N1CCOCC1. The first-order chi connectivity index (χ1) is 16.1. The Balaban J connectivity index is 2.11. The van der Waals surface area contributed by atoms with Gasteiger partial charge in [0, 0.05) is 13.1 Å². The van der Waals surface area contributed by atoms with E-state index in [0.29, 0.717) is 39.1 Å². The summed E-state index contributed by atoms with van der Waals surface area (Å²) in [6, 6.07) is 8.45. The molecule has 1 fully saturated rings. The molecule has 2 atom stereocenters. The molecule has 0 aromatic heterocycles. The van der Waals surface area contributed by atoms with Gasteiger partial charge in [0.15, 0.2) is 0 Å². The largest absolute Gasteiger partial charge is 0.465 e. The van der Waals surface area contributed by atoms with Gasteiger partial charge in [-0.15, -0.1) is 0 Å². The number of morpholine rings is 1. The summed E-state index contributed by atoms with van der Waals surface area (Å²) in [4.78, 5) is 38.6. The van der Waals surface area contributed by atoms with E-state index in [1.165, 1.54) is 5.01 Å². The van der Waals surface area contributed by atoms with Crippen LogP contribution in [-0.4, -0.2) is 85.0 Å². The van der Waals surface area contributed by atoms with Crippen molar-refractivity contribution in [1.82, 2.24) is 15.3 Å². The van der Waals surface area contributed by atoms with E-state index < -0.39 is 29.6 Å². The molecule has 34 heavy (non-hydrogen) atoms. The zero-order valence-corrected chi connectivity index (χ0v) is 21.0. The molecule has 0 radical (unpaired) electrons. The lowest BCUT2D eigenvalue weighted by atomic mass is 10.0. The number of rotatable bonds is 11. The van der Waals surface area contributed by atoms with Gasteiger partial charge >= 0.3 is 11.9 Å². The fourth-order valence-electron chi connectivity index (χ4n) is 3.67. The van der Waals surface area contributed by atoms with Crippen molar-refractivity contribution in [2.24, 2.45) is 0 Å². The summed E-state index contributed by atoms with van der Waals surface area (Å²) < 4.78 is 16.1. The number of hydrogen-bond acceptors (Lipinski definition) is 8. The lowest BCUT2D eigenvalue weighted by Gasteiger charge is -2.38. The Hall–Kier alpha value is -2.49. The van der Waals surface area contributed by atoms with Gasteiger partial charge in [0.05, 0.1) is 25.9 Å². The van der Waals surface area contributed by atoms with Crippen molar-refractivity contribution in [3.8, 4) is 0 Å². The molecule has 190 valence electrons. The number of amides is 1. The molecule has 0 aliphatic carbocycles. The minimum absolute atomic E-state index is 0.212. The van der Waals surface area contributed by atoms with Crippen LogP contribution in [0.15, 0.2) is 30.3 Å². The van der Waals surface area contributed by atoms with Crippen LogP contribution < -0.4 is 5.32 Å². The highest BCUT2D eigenvalue weighted by atomic mass is 16.6. The average Bonchev–Trinajstić information content (AvgIpc) is 2.79. The van der Waals surface area contributed by atoms with Gasteiger partial charge in [-0.3, -0.25) is 24.7 Å². The fraction of sp³-hybridized carbons (Fsp3) is 0.640. The molecule has 1 aliphatic heterocycles. The highest BCUT2D eigenvalue weighted by molar-refractivity contribution is 5.86. The number of carbonyl (C=O) groups excluding carboxylic acids is 3. The van der Waals surface area contributed by atoms with Gasteiger partial charge in [0.2, 0.25) is 0 Å². The summed E-state index contributed by atoms with van der Waals surface area (Å²) in [5.41, 5.74) is 0.435. The summed E-state index contributed by atoms with van der Waals surface area (Å²) >= 11 is 0. The smallest absolute Gasteiger partial charge is 0.327 e. The van der Waals surface area contributed by atoms with Crippen LogP contribution in [0.25, 0.3) is 0 Å². The summed E-state index contributed by atoms with van der Waals surface area (Å²) in [7, 11) is 0. The van der Waals surface area contributed by atoms with Crippen molar-refractivity contribution in [2.45, 2.75) is 65.1 Å². The average molecular weight is 478 g/mol. The van der Waals surface area contributed by atoms with E-state index in [2.05, 4.69) is 5.32 Å². The standard InChI is InChI=1S/C25H39N3O6/c1-6-33-24(31)21(13-12-20-10-8-7-9-11-20)26-19(2)23(30)28(27-14-16-32-17-15-27)18-22(29)34-25(3,4)5/h7-11,19,21,26H,6,12-18H2,1-5H3/t19-,21-/m0/s1. The first-order valence-electron chi connectivity index (χ1n) is 11.9. The molecule has 1 heterocycles. The maximum absolute atomic E-state index is 13.5. The first-order valence-corrected chi connectivity index (χ1v) is 11.9. The molecule has 9 heteroatoms. The van der Waals surface area contributed by atoms with Crippen molar-refractivity contribution in [1.29, 1.82) is 0 Å². The fourth-order valence-corrected chi connectivity index (χ4v) is 3.67. The molecule has 1 amide bonds. The third kappa shape index (κ3) is 9.40. The molecule has 1 aliphatic rings. The van der Waals surface area contributed by atoms with E-state index in [-0.39, 0.29) is 19.1 Å². The number of aryl methyl sites for hydroxylation is 1. The molecule has 1 aromatic rings. The number of esters is 2. The van der Waals surface area contributed by atoms with Crippen molar-refractivity contribution in [2.75, 3.05) is 39.5 Å². The van der Waals surface area contributed by atoms with E-state index in [1.54, 1.807) is 39.6 Å². The predicted octanol–water partition coefficient (Wildman–Crippen LogP) is 1.95. The Morgan fingerprint density at radius 3 is 2.38 bits per heavy atom. The highest BCUT2D eigenvalue weighted by Crippen LogP contribution is 2.12. The summed E-state index contributed by atoms with van der Waals surface area (Å²) in [5, 5.41) is 6.35. The second kappa shape index (κ2) is 13.4. The number of benzene rings is 1. The molecule has 0 spiro atoms. The van der Waals surface area contributed by atoms with Gasteiger partial charge in [0.1, 0.15) is 18.2 Å². The minimum atomic E-state index is -0.726. The van der Waals surface area contributed by atoms with Gasteiger partial charge in [-0.1, -0.05) is 30.3 Å². The zero-order chi connectivity index (χ0) is 25.1. The van der Waals surface area contributed by atoms with Gasteiger partial charge in [0.25, 0.3) is 5.91 Å². The van der Waals surface area contributed by atoms with Crippen LogP contribution in [0.5, 0.6) is 0 Å². The Kier molecular flexibility index (Phi) is 10.9. The molecule has 0 unspecified atom stereocenters. The molecule has 1 aromatic carbocycles. The van der Waals surface area contributed by atoms with Crippen LogP contribution in [0.4, 0.5) is 0 Å². The quantitative estimate of drug-likeness (QED) is 0.483. The Bertz CT molecular complexity index is 790. The van der Waals surface area contributed by atoms with Crippen LogP contribution in [0.2, 0.25) is 0 Å². The summed E-state index contributed by atoms with van der Waals surface area (Å²) in [6.45, 7) is 10.7.